The zero-order valence-electron chi connectivity index (χ0n) is 15.8. The average Bonchev–Trinajstić information content (AvgIpc) is 2.64. The Morgan fingerprint density at radius 3 is 2.30 bits per heavy atom. The van der Waals surface area contributed by atoms with Gasteiger partial charge >= 0.3 is 17.8 Å². The average molecular weight is 471 g/mol. The van der Waals surface area contributed by atoms with Crippen molar-refractivity contribution in [2.45, 2.75) is 26.1 Å². The lowest BCUT2D eigenvalue weighted by Gasteiger charge is -2.17. The van der Waals surface area contributed by atoms with E-state index in [9.17, 15) is 27.6 Å². The first kappa shape index (κ1) is 23.6. The van der Waals surface area contributed by atoms with Crippen molar-refractivity contribution in [2.75, 3.05) is 6.61 Å². The van der Waals surface area contributed by atoms with E-state index in [0.29, 0.717) is 0 Å². The smallest absolute Gasteiger partial charge is 0.431 e. The van der Waals surface area contributed by atoms with Gasteiger partial charge in [-0.05, 0) is 19.9 Å². The highest BCUT2D eigenvalue weighted by atomic mass is 35.5. The number of carbonyl (C=O) groups excluding carboxylic acids is 1. The standard InChI is InChI=1S/C17H15Cl2F3N2O6/c1-4-28-15(26)8(2)29-11-6-12(10(19)5-9(11)18)30-24-14(25)7-13(17(20,21)22)23(3)16(24)27/h5-8H,4H2,1-3H3. The van der Waals surface area contributed by atoms with E-state index >= 15 is 0 Å². The minimum atomic E-state index is -4.92. The lowest BCUT2D eigenvalue weighted by Crippen LogP contribution is -2.43. The molecule has 0 aliphatic heterocycles. The zero-order valence-corrected chi connectivity index (χ0v) is 17.3. The molecule has 13 heteroatoms. The topological polar surface area (TPSA) is 88.8 Å². The van der Waals surface area contributed by atoms with Crippen molar-refractivity contribution < 1.29 is 32.3 Å². The van der Waals surface area contributed by atoms with E-state index in [2.05, 4.69) is 0 Å². The van der Waals surface area contributed by atoms with E-state index in [0.717, 1.165) is 19.2 Å². The first-order valence-corrected chi connectivity index (χ1v) is 9.03. The van der Waals surface area contributed by atoms with Crippen LogP contribution in [0.15, 0.2) is 27.8 Å². The van der Waals surface area contributed by atoms with Gasteiger partial charge in [0.15, 0.2) is 11.9 Å². The molecule has 0 bridgehead atoms. The molecule has 30 heavy (non-hydrogen) atoms. The summed E-state index contributed by atoms with van der Waals surface area (Å²) in [6, 6.07) is 2.42. The van der Waals surface area contributed by atoms with Crippen LogP contribution in [0.3, 0.4) is 0 Å². The number of alkyl halides is 3. The summed E-state index contributed by atoms with van der Waals surface area (Å²) in [6.07, 6.45) is -5.99. The van der Waals surface area contributed by atoms with Gasteiger partial charge in [-0.1, -0.05) is 27.9 Å². The van der Waals surface area contributed by atoms with E-state index in [1.165, 1.54) is 6.92 Å². The fraction of sp³-hybridized carbons (Fsp3) is 0.353. The molecule has 0 aliphatic rings. The van der Waals surface area contributed by atoms with Gasteiger partial charge in [0.2, 0.25) is 0 Å². The van der Waals surface area contributed by atoms with Crippen LogP contribution in [0.25, 0.3) is 0 Å². The number of aromatic nitrogens is 2. The quantitative estimate of drug-likeness (QED) is 0.602. The van der Waals surface area contributed by atoms with E-state index in [4.69, 9.17) is 37.5 Å². The molecule has 0 amide bonds. The minimum absolute atomic E-state index is 0.0313. The Hall–Kier alpha value is -2.66. The molecule has 0 spiro atoms. The number of ether oxygens (including phenoxy) is 2. The Bertz CT molecular complexity index is 1080. The van der Waals surface area contributed by atoms with Crippen LogP contribution in [0.1, 0.15) is 19.5 Å². The molecule has 8 nitrogen and oxygen atoms in total. The number of carbonyl (C=O) groups is 1. The molecule has 0 saturated heterocycles. The highest BCUT2D eigenvalue weighted by Gasteiger charge is 2.35. The van der Waals surface area contributed by atoms with E-state index in [1.54, 1.807) is 6.92 Å². The largest absolute Gasteiger partial charge is 0.477 e. The molecule has 0 radical (unpaired) electrons. The molecule has 1 aromatic carbocycles. The molecule has 2 rings (SSSR count). The first-order valence-electron chi connectivity index (χ1n) is 8.27. The molecule has 164 valence electrons. The molecule has 1 aromatic heterocycles. The van der Waals surface area contributed by atoms with E-state index in [1.807, 2.05) is 0 Å². The maximum absolute atomic E-state index is 12.9. The lowest BCUT2D eigenvalue weighted by atomic mass is 10.3. The van der Waals surface area contributed by atoms with Crippen LogP contribution in [0.5, 0.6) is 11.5 Å². The van der Waals surface area contributed by atoms with E-state index in [-0.39, 0.29) is 43.5 Å². The second-order valence-electron chi connectivity index (χ2n) is 5.82. The highest BCUT2D eigenvalue weighted by Crippen LogP contribution is 2.36. The van der Waals surface area contributed by atoms with Gasteiger partial charge < -0.3 is 14.3 Å². The van der Waals surface area contributed by atoms with E-state index < -0.39 is 35.2 Å². The van der Waals surface area contributed by atoms with Gasteiger partial charge in [0.05, 0.1) is 16.7 Å². The Kier molecular flexibility index (Phi) is 7.09. The van der Waals surface area contributed by atoms with Crippen molar-refractivity contribution >= 4 is 29.2 Å². The molecular formula is C17H15Cl2F3N2O6. The van der Waals surface area contributed by atoms with Crippen LogP contribution < -0.4 is 20.8 Å². The van der Waals surface area contributed by atoms with Crippen LogP contribution >= 0.6 is 23.2 Å². The molecule has 0 fully saturated rings. The first-order chi connectivity index (χ1) is 13.9. The van der Waals surface area contributed by atoms with Crippen molar-refractivity contribution in [2.24, 2.45) is 7.05 Å². The monoisotopic (exact) mass is 470 g/mol. The number of nitrogens with zero attached hydrogens (tertiary/aromatic N) is 2. The predicted molar refractivity (Wildman–Crippen MR) is 100 cm³/mol. The van der Waals surface area contributed by atoms with Crippen molar-refractivity contribution in [3.05, 3.63) is 54.8 Å². The summed E-state index contributed by atoms with van der Waals surface area (Å²) < 4.78 is 49.3. The number of hydrogen-bond acceptors (Lipinski definition) is 6. The Morgan fingerprint density at radius 2 is 1.73 bits per heavy atom. The van der Waals surface area contributed by atoms with Gasteiger partial charge in [-0.15, -0.1) is 0 Å². The second-order valence-corrected chi connectivity index (χ2v) is 6.63. The van der Waals surface area contributed by atoms with Crippen LogP contribution in [-0.4, -0.2) is 28.0 Å². The molecule has 1 atom stereocenters. The Morgan fingerprint density at radius 1 is 1.13 bits per heavy atom. The summed E-state index contributed by atoms with van der Waals surface area (Å²) >= 11 is 12.0. The van der Waals surface area contributed by atoms with Gasteiger partial charge in [-0.3, -0.25) is 9.36 Å². The third-order valence-corrected chi connectivity index (χ3v) is 4.26. The summed E-state index contributed by atoms with van der Waals surface area (Å²) in [6.45, 7) is 3.11. The van der Waals surface area contributed by atoms with Crippen molar-refractivity contribution in [1.29, 1.82) is 0 Å². The third-order valence-electron chi connectivity index (χ3n) is 3.67. The van der Waals surface area contributed by atoms with Crippen molar-refractivity contribution in [3.8, 4) is 11.5 Å². The number of rotatable bonds is 6. The molecule has 0 N–H and O–H groups in total. The van der Waals surface area contributed by atoms with Crippen LogP contribution in [-0.2, 0) is 22.8 Å². The highest BCUT2D eigenvalue weighted by molar-refractivity contribution is 6.36. The van der Waals surface area contributed by atoms with Crippen molar-refractivity contribution in [1.82, 2.24) is 9.30 Å². The van der Waals surface area contributed by atoms with Gasteiger partial charge in [-0.2, -0.15) is 13.2 Å². The Labute approximate surface area is 177 Å². The summed E-state index contributed by atoms with van der Waals surface area (Å²) in [7, 11) is 0.823. The maximum Gasteiger partial charge on any atom is 0.431 e. The van der Waals surface area contributed by atoms with Gasteiger partial charge in [0, 0.05) is 19.2 Å². The van der Waals surface area contributed by atoms with Gasteiger partial charge in [0.25, 0.3) is 5.56 Å². The minimum Gasteiger partial charge on any atom is -0.477 e. The summed E-state index contributed by atoms with van der Waals surface area (Å²) in [5.74, 6) is -1.11. The van der Waals surface area contributed by atoms with Crippen LogP contribution in [0, 0.1) is 0 Å². The van der Waals surface area contributed by atoms with Gasteiger partial charge in [-0.25, -0.2) is 9.59 Å². The molecule has 0 saturated carbocycles. The van der Waals surface area contributed by atoms with Crippen molar-refractivity contribution in [3.63, 3.8) is 0 Å². The molecular weight excluding hydrogens is 456 g/mol. The number of halogens is 5. The summed E-state index contributed by atoms with van der Waals surface area (Å²) in [5, 5.41) is -0.207. The maximum atomic E-state index is 12.9. The fourth-order valence-electron chi connectivity index (χ4n) is 2.23. The summed E-state index contributed by atoms with van der Waals surface area (Å²) in [5.41, 5.74) is -4.23. The fourth-order valence-corrected chi connectivity index (χ4v) is 2.69. The second kappa shape index (κ2) is 9.00. The van der Waals surface area contributed by atoms with Crippen LogP contribution in [0.4, 0.5) is 13.2 Å². The lowest BCUT2D eigenvalue weighted by molar-refractivity contribution is -0.150. The SMILES string of the molecule is CCOC(=O)C(C)Oc1cc(On2c(=O)cc(C(F)(F)F)n(C)c2=O)c(Cl)cc1Cl. The molecule has 1 heterocycles. The predicted octanol–water partition coefficient (Wildman–Crippen LogP) is 3.05. The third kappa shape index (κ3) is 5.08. The molecule has 2 aromatic rings. The summed E-state index contributed by atoms with van der Waals surface area (Å²) in [4.78, 5) is 41.1. The zero-order chi connectivity index (χ0) is 22.8. The Balaban J connectivity index is 2.45. The number of hydrogen-bond donors (Lipinski definition) is 0. The number of benzene rings is 1. The molecule has 1 unspecified atom stereocenters. The molecule has 0 aliphatic carbocycles. The normalized spacial score (nSPS) is 12.4. The van der Waals surface area contributed by atoms with Gasteiger partial charge in [0.1, 0.15) is 11.4 Å². The van der Waals surface area contributed by atoms with Crippen LogP contribution in [0.2, 0.25) is 10.0 Å². The number of esters is 1.